The van der Waals surface area contributed by atoms with Crippen LogP contribution in [0.1, 0.15) is 24.2 Å². The monoisotopic (exact) mass is 530 g/mol. The van der Waals surface area contributed by atoms with Gasteiger partial charge in [0, 0.05) is 23.5 Å². The molecule has 0 bridgehead atoms. The van der Waals surface area contributed by atoms with Crippen LogP contribution in [0.2, 0.25) is 0 Å². The van der Waals surface area contributed by atoms with Crippen molar-refractivity contribution in [3.05, 3.63) is 116 Å². The van der Waals surface area contributed by atoms with E-state index in [1.54, 1.807) is 19.1 Å². The van der Waals surface area contributed by atoms with Crippen LogP contribution in [0.15, 0.2) is 99.3 Å². The standard InChI is InChI=1S/C27H22N4O6S/c1-17-24(27(33)37-15-18-6-3-2-4-7-18)25(22-8-5-13-36-22)21(14-28)26(29-17)38-16-23(32)30-19-9-11-20(12-10-19)31(34)35/h2-13,25,29H,15-16H2,1H3,(H,30,32)/t25-/m1/s1. The Labute approximate surface area is 222 Å². The fraction of sp³-hybridized carbons (Fsp3) is 0.148. The molecule has 1 atom stereocenters. The molecule has 2 heterocycles. The first-order chi connectivity index (χ1) is 18.4. The maximum atomic E-state index is 13.2. The molecule has 0 spiro atoms. The van der Waals surface area contributed by atoms with E-state index in [1.807, 2.05) is 30.3 Å². The van der Waals surface area contributed by atoms with Crippen LogP contribution in [-0.2, 0) is 20.9 Å². The zero-order valence-electron chi connectivity index (χ0n) is 20.2. The summed E-state index contributed by atoms with van der Waals surface area (Å²) < 4.78 is 11.1. The Morgan fingerprint density at radius 1 is 1.16 bits per heavy atom. The van der Waals surface area contributed by atoms with Crippen LogP contribution in [0, 0.1) is 21.4 Å². The molecule has 1 aliphatic rings. The average Bonchev–Trinajstić information content (AvgIpc) is 3.46. The first kappa shape index (κ1) is 26.2. The van der Waals surface area contributed by atoms with Crippen LogP contribution in [-0.4, -0.2) is 22.6 Å². The highest BCUT2D eigenvalue weighted by molar-refractivity contribution is 8.03. The number of hydrogen-bond acceptors (Lipinski definition) is 9. The number of nitrogens with one attached hydrogen (secondary N) is 2. The predicted molar refractivity (Wildman–Crippen MR) is 140 cm³/mol. The number of furan rings is 1. The molecule has 0 saturated carbocycles. The number of rotatable bonds is 9. The molecule has 0 saturated heterocycles. The molecule has 0 aliphatic carbocycles. The Bertz CT molecular complexity index is 1440. The number of carbonyl (C=O) groups excluding carboxylic acids is 2. The Hall–Kier alpha value is -4.82. The second-order valence-corrected chi connectivity index (χ2v) is 9.15. The molecule has 4 rings (SSSR count). The van der Waals surface area contributed by atoms with E-state index < -0.39 is 16.8 Å². The number of ether oxygens (including phenoxy) is 1. The number of dihydropyridines is 1. The summed E-state index contributed by atoms with van der Waals surface area (Å²) in [6, 6.07) is 20.2. The van der Waals surface area contributed by atoms with Crippen molar-refractivity contribution in [3.63, 3.8) is 0 Å². The summed E-state index contributed by atoms with van der Waals surface area (Å²) in [7, 11) is 0. The SMILES string of the molecule is CC1=C(C(=O)OCc2ccccc2)[C@@H](c2ccco2)C(C#N)=C(SCC(=O)Nc2ccc([N+](=O)[O-])cc2)N1. The van der Waals surface area contributed by atoms with E-state index in [1.165, 1.54) is 30.5 Å². The maximum absolute atomic E-state index is 13.2. The minimum absolute atomic E-state index is 0.0591. The van der Waals surface area contributed by atoms with Gasteiger partial charge in [-0.2, -0.15) is 5.26 Å². The first-order valence-corrected chi connectivity index (χ1v) is 12.4. The Balaban J connectivity index is 1.51. The fourth-order valence-electron chi connectivity index (χ4n) is 3.84. The molecule has 0 unspecified atom stereocenters. The largest absolute Gasteiger partial charge is 0.468 e. The van der Waals surface area contributed by atoms with Crippen molar-refractivity contribution in [1.82, 2.24) is 5.32 Å². The van der Waals surface area contributed by atoms with Gasteiger partial charge in [-0.25, -0.2) is 4.79 Å². The molecule has 11 heteroatoms. The van der Waals surface area contributed by atoms with E-state index in [0.29, 0.717) is 22.2 Å². The molecule has 38 heavy (non-hydrogen) atoms. The van der Waals surface area contributed by atoms with Crippen molar-refractivity contribution in [2.24, 2.45) is 0 Å². The summed E-state index contributed by atoms with van der Waals surface area (Å²) in [5.41, 5.74) is 2.07. The lowest BCUT2D eigenvalue weighted by Gasteiger charge is -2.27. The van der Waals surface area contributed by atoms with Crippen molar-refractivity contribution in [2.45, 2.75) is 19.4 Å². The van der Waals surface area contributed by atoms with Gasteiger partial charge in [-0.15, -0.1) is 0 Å². The molecule has 2 N–H and O–H groups in total. The molecule has 2 aromatic carbocycles. The zero-order chi connectivity index (χ0) is 27.1. The molecule has 1 amide bonds. The molecular formula is C27H22N4O6S. The number of anilines is 1. The number of nitro benzene ring substituents is 1. The van der Waals surface area contributed by atoms with Crippen LogP contribution in [0.3, 0.4) is 0 Å². The number of nitro groups is 1. The van der Waals surface area contributed by atoms with E-state index in [0.717, 1.165) is 17.3 Å². The predicted octanol–water partition coefficient (Wildman–Crippen LogP) is 5.00. The number of carbonyl (C=O) groups is 2. The topological polar surface area (TPSA) is 148 Å². The van der Waals surface area contributed by atoms with Crippen molar-refractivity contribution in [2.75, 3.05) is 11.1 Å². The number of hydrogen-bond donors (Lipinski definition) is 2. The number of non-ortho nitro benzene ring substituents is 1. The number of amides is 1. The number of nitrogens with zero attached hydrogens (tertiary/aromatic N) is 2. The normalized spacial score (nSPS) is 14.9. The molecule has 1 aliphatic heterocycles. The van der Waals surface area contributed by atoms with E-state index in [2.05, 4.69) is 16.7 Å². The quantitative estimate of drug-likeness (QED) is 0.221. The second-order valence-electron chi connectivity index (χ2n) is 8.17. The van der Waals surface area contributed by atoms with Gasteiger partial charge in [-0.05, 0) is 36.8 Å². The van der Waals surface area contributed by atoms with Crippen molar-refractivity contribution in [3.8, 4) is 6.07 Å². The van der Waals surface area contributed by atoms with Gasteiger partial charge in [0.2, 0.25) is 5.91 Å². The lowest BCUT2D eigenvalue weighted by Crippen LogP contribution is -2.29. The minimum atomic E-state index is -0.820. The van der Waals surface area contributed by atoms with Gasteiger partial charge in [-0.1, -0.05) is 42.1 Å². The lowest BCUT2D eigenvalue weighted by atomic mass is 9.86. The van der Waals surface area contributed by atoms with Gasteiger partial charge in [-0.3, -0.25) is 14.9 Å². The zero-order valence-corrected chi connectivity index (χ0v) is 21.0. The number of allylic oxidation sites excluding steroid dienone is 2. The highest BCUT2D eigenvalue weighted by atomic mass is 32.2. The summed E-state index contributed by atoms with van der Waals surface area (Å²) in [4.78, 5) is 36.0. The molecule has 0 radical (unpaired) electrons. The lowest BCUT2D eigenvalue weighted by molar-refractivity contribution is -0.384. The van der Waals surface area contributed by atoms with E-state index in [9.17, 15) is 25.0 Å². The number of esters is 1. The number of nitriles is 1. The van der Waals surface area contributed by atoms with Crippen molar-refractivity contribution < 1.29 is 23.7 Å². The van der Waals surface area contributed by atoms with Gasteiger partial charge in [0.1, 0.15) is 12.4 Å². The summed E-state index contributed by atoms with van der Waals surface area (Å²) in [5, 5.41) is 27.0. The highest BCUT2D eigenvalue weighted by Crippen LogP contribution is 2.41. The first-order valence-electron chi connectivity index (χ1n) is 11.4. The molecule has 192 valence electrons. The molecule has 0 fully saturated rings. The molecule has 1 aromatic heterocycles. The maximum Gasteiger partial charge on any atom is 0.337 e. The third-order valence-electron chi connectivity index (χ3n) is 5.62. The highest BCUT2D eigenvalue weighted by Gasteiger charge is 2.37. The molecule has 3 aromatic rings. The fourth-order valence-corrected chi connectivity index (χ4v) is 4.73. The van der Waals surface area contributed by atoms with Gasteiger partial charge in [0.15, 0.2) is 0 Å². The number of thioether (sulfide) groups is 1. The van der Waals surface area contributed by atoms with Gasteiger partial charge in [0.25, 0.3) is 5.69 Å². The summed E-state index contributed by atoms with van der Waals surface area (Å²) >= 11 is 1.09. The van der Waals surface area contributed by atoms with Crippen molar-refractivity contribution in [1.29, 1.82) is 5.26 Å². The summed E-state index contributed by atoms with van der Waals surface area (Å²) in [6.07, 6.45) is 1.46. The Morgan fingerprint density at radius 2 is 1.89 bits per heavy atom. The van der Waals surface area contributed by atoms with E-state index in [4.69, 9.17) is 9.15 Å². The number of benzene rings is 2. The third kappa shape index (κ3) is 6.11. The van der Waals surface area contributed by atoms with Crippen molar-refractivity contribution >= 4 is 35.0 Å². The smallest absolute Gasteiger partial charge is 0.337 e. The minimum Gasteiger partial charge on any atom is -0.468 e. The van der Waals surface area contributed by atoms with Crippen LogP contribution < -0.4 is 10.6 Å². The van der Waals surface area contributed by atoms with Crippen LogP contribution >= 0.6 is 11.8 Å². The van der Waals surface area contributed by atoms with Gasteiger partial charge in [0.05, 0.1) is 45.1 Å². The second kappa shape index (κ2) is 11.9. The summed E-state index contributed by atoms with van der Waals surface area (Å²) in [6.45, 7) is 1.76. The van der Waals surface area contributed by atoms with Gasteiger partial charge < -0.3 is 19.8 Å². The third-order valence-corrected chi connectivity index (χ3v) is 6.63. The van der Waals surface area contributed by atoms with Gasteiger partial charge >= 0.3 is 5.97 Å². The van der Waals surface area contributed by atoms with E-state index >= 15 is 0 Å². The Morgan fingerprint density at radius 3 is 2.53 bits per heavy atom. The van der Waals surface area contributed by atoms with Crippen LogP contribution in [0.25, 0.3) is 0 Å². The Kier molecular flexibility index (Phi) is 8.25. The van der Waals surface area contributed by atoms with E-state index in [-0.39, 0.29) is 35.1 Å². The molecular weight excluding hydrogens is 508 g/mol. The van der Waals surface area contributed by atoms with Crippen LogP contribution in [0.4, 0.5) is 11.4 Å². The molecule has 10 nitrogen and oxygen atoms in total. The summed E-state index contributed by atoms with van der Waals surface area (Å²) in [5.74, 6) is -1.45. The average molecular weight is 531 g/mol. The van der Waals surface area contributed by atoms with Crippen LogP contribution in [0.5, 0.6) is 0 Å².